The lowest BCUT2D eigenvalue weighted by Crippen LogP contribution is -2.31. The van der Waals surface area contributed by atoms with Crippen LogP contribution in [-0.2, 0) is 0 Å². The van der Waals surface area contributed by atoms with Crippen molar-refractivity contribution in [3.63, 3.8) is 0 Å². The van der Waals surface area contributed by atoms with Crippen LogP contribution in [0.5, 0.6) is 0 Å². The molecule has 19 heavy (non-hydrogen) atoms. The summed E-state index contributed by atoms with van der Waals surface area (Å²) in [5.74, 6) is 0.174. The first-order chi connectivity index (χ1) is 9.00. The number of nitrogen functional groups attached to an aromatic ring is 1. The summed E-state index contributed by atoms with van der Waals surface area (Å²) >= 11 is 0. The highest BCUT2D eigenvalue weighted by atomic mass is 16.6. The molecular formula is C12H21N5O2. The van der Waals surface area contributed by atoms with E-state index in [1.165, 1.54) is 6.20 Å². The van der Waals surface area contributed by atoms with Crippen molar-refractivity contribution in [1.29, 1.82) is 0 Å². The first-order valence-electron chi connectivity index (χ1n) is 6.72. The molecule has 1 aliphatic heterocycles. The van der Waals surface area contributed by atoms with Crippen molar-refractivity contribution in [1.82, 2.24) is 14.7 Å². The summed E-state index contributed by atoms with van der Waals surface area (Å²) in [7, 11) is 0. The van der Waals surface area contributed by atoms with Crippen molar-refractivity contribution in [2.75, 3.05) is 18.8 Å². The molecule has 1 aromatic rings. The van der Waals surface area contributed by atoms with E-state index in [4.69, 9.17) is 5.73 Å². The van der Waals surface area contributed by atoms with E-state index in [2.05, 4.69) is 23.8 Å². The highest BCUT2D eigenvalue weighted by molar-refractivity contribution is 5.51. The lowest BCUT2D eigenvalue weighted by Gasteiger charge is -2.24. The predicted octanol–water partition coefficient (Wildman–Crippen LogP) is 1.81. The maximum absolute atomic E-state index is 10.8. The molecule has 1 saturated heterocycles. The van der Waals surface area contributed by atoms with E-state index in [9.17, 15) is 10.1 Å². The van der Waals surface area contributed by atoms with Gasteiger partial charge in [-0.05, 0) is 39.7 Å². The molecular weight excluding hydrogens is 246 g/mol. The fraction of sp³-hybridized carbons (Fsp3) is 0.750. The Bertz CT molecular complexity index is 457. The topological polar surface area (TPSA) is 90.2 Å². The number of hydrogen-bond acceptors (Lipinski definition) is 5. The van der Waals surface area contributed by atoms with Gasteiger partial charge in [-0.2, -0.15) is 5.10 Å². The highest BCUT2D eigenvalue weighted by Crippen LogP contribution is 2.29. The Balaban J connectivity index is 2.12. The normalized spacial score (nSPS) is 21.5. The molecule has 0 radical (unpaired) electrons. The van der Waals surface area contributed by atoms with Crippen LogP contribution in [0.3, 0.4) is 0 Å². The molecule has 0 spiro atoms. The Hall–Kier alpha value is -1.63. The zero-order chi connectivity index (χ0) is 14.0. The summed E-state index contributed by atoms with van der Waals surface area (Å²) in [6.45, 7) is 6.42. The van der Waals surface area contributed by atoms with Gasteiger partial charge >= 0.3 is 5.69 Å². The van der Waals surface area contributed by atoms with Gasteiger partial charge in [-0.3, -0.25) is 10.1 Å². The van der Waals surface area contributed by atoms with Gasteiger partial charge < -0.3 is 10.6 Å². The largest absolute Gasteiger partial charge is 0.378 e. The smallest absolute Gasteiger partial charge is 0.330 e. The minimum atomic E-state index is -0.476. The molecule has 2 rings (SSSR count). The Kier molecular flexibility index (Phi) is 4.04. The molecule has 1 fully saturated rings. The van der Waals surface area contributed by atoms with E-state index in [1.807, 2.05) is 0 Å². The number of nitro groups is 1. The van der Waals surface area contributed by atoms with E-state index in [0.717, 1.165) is 32.4 Å². The molecule has 0 saturated carbocycles. The van der Waals surface area contributed by atoms with Crippen LogP contribution in [-0.4, -0.2) is 38.7 Å². The van der Waals surface area contributed by atoms with Crippen LogP contribution in [0.2, 0.25) is 0 Å². The Morgan fingerprint density at radius 3 is 2.79 bits per heavy atom. The quantitative estimate of drug-likeness (QED) is 0.666. The highest BCUT2D eigenvalue weighted by Gasteiger charge is 2.25. The van der Waals surface area contributed by atoms with Crippen LogP contribution in [0, 0.1) is 10.1 Å². The van der Waals surface area contributed by atoms with Gasteiger partial charge in [0.2, 0.25) is 5.82 Å². The summed E-state index contributed by atoms with van der Waals surface area (Å²) in [6, 6.07) is 0.695. The van der Waals surface area contributed by atoms with Gasteiger partial charge in [0.25, 0.3) is 0 Å². The third kappa shape index (κ3) is 2.86. The molecule has 2 N–H and O–H groups in total. The summed E-state index contributed by atoms with van der Waals surface area (Å²) in [5.41, 5.74) is 5.73. The second-order valence-corrected chi connectivity index (χ2v) is 5.33. The Morgan fingerprint density at radius 2 is 2.21 bits per heavy atom. The summed E-state index contributed by atoms with van der Waals surface area (Å²) in [4.78, 5) is 12.7. The molecule has 1 unspecified atom stereocenters. The van der Waals surface area contributed by atoms with E-state index >= 15 is 0 Å². The predicted molar refractivity (Wildman–Crippen MR) is 72.9 cm³/mol. The third-order valence-electron chi connectivity index (χ3n) is 3.82. The fourth-order valence-corrected chi connectivity index (χ4v) is 2.66. The first-order valence-corrected chi connectivity index (χ1v) is 6.72. The minimum Gasteiger partial charge on any atom is -0.378 e. The number of nitrogens with two attached hydrogens (primary N) is 1. The molecule has 1 atom stereocenters. The number of hydrogen-bond donors (Lipinski definition) is 1. The van der Waals surface area contributed by atoms with E-state index in [1.54, 1.807) is 4.68 Å². The summed E-state index contributed by atoms with van der Waals surface area (Å²) in [6.07, 6.45) is 4.21. The van der Waals surface area contributed by atoms with Crippen LogP contribution >= 0.6 is 0 Å². The third-order valence-corrected chi connectivity index (χ3v) is 3.82. The zero-order valence-electron chi connectivity index (χ0n) is 11.5. The molecule has 7 nitrogen and oxygen atoms in total. The second-order valence-electron chi connectivity index (χ2n) is 5.33. The van der Waals surface area contributed by atoms with Crippen molar-refractivity contribution < 1.29 is 4.92 Å². The lowest BCUT2D eigenvalue weighted by atomic mass is 10.1. The van der Waals surface area contributed by atoms with Crippen molar-refractivity contribution in [2.45, 2.75) is 45.2 Å². The lowest BCUT2D eigenvalue weighted by molar-refractivity contribution is -0.384. The Labute approximate surface area is 112 Å². The van der Waals surface area contributed by atoms with E-state index in [0.29, 0.717) is 6.04 Å². The van der Waals surface area contributed by atoms with Gasteiger partial charge in [0, 0.05) is 12.6 Å². The minimum absolute atomic E-state index is 0.0926. The van der Waals surface area contributed by atoms with Crippen molar-refractivity contribution in [3.8, 4) is 0 Å². The summed E-state index contributed by atoms with van der Waals surface area (Å²) < 4.78 is 1.63. The van der Waals surface area contributed by atoms with E-state index in [-0.39, 0.29) is 17.5 Å². The Morgan fingerprint density at radius 1 is 1.47 bits per heavy atom. The fourth-order valence-electron chi connectivity index (χ4n) is 2.66. The van der Waals surface area contributed by atoms with E-state index < -0.39 is 4.92 Å². The zero-order valence-corrected chi connectivity index (χ0v) is 11.5. The van der Waals surface area contributed by atoms with Crippen LogP contribution in [0.1, 0.15) is 39.2 Å². The SMILES string of the molecule is CC(C)N1CCCC(n2ncc([N+](=O)[O-])c2N)CC1. The maximum atomic E-state index is 10.8. The number of likely N-dealkylation sites (tertiary alicyclic amines) is 1. The van der Waals surface area contributed by atoms with Crippen LogP contribution in [0.25, 0.3) is 0 Å². The number of aromatic nitrogens is 2. The molecule has 2 heterocycles. The number of anilines is 1. The van der Waals surface area contributed by atoms with Crippen molar-refractivity contribution in [3.05, 3.63) is 16.3 Å². The molecule has 1 aromatic heterocycles. The average Bonchev–Trinajstić information content (AvgIpc) is 2.60. The molecule has 106 valence electrons. The number of rotatable bonds is 3. The van der Waals surface area contributed by atoms with Crippen LogP contribution in [0.4, 0.5) is 11.5 Å². The standard InChI is InChI=1S/C12H21N5O2/c1-9(2)15-6-3-4-10(5-7-15)16-12(13)11(8-14-16)17(18)19/h8-10H,3-7,13H2,1-2H3. The molecule has 1 aliphatic rings. The van der Waals surface area contributed by atoms with Gasteiger partial charge in [0.05, 0.1) is 11.0 Å². The van der Waals surface area contributed by atoms with Crippen LogP contribution < -0.4 is 5.73 Å². The van der Waals surface area contributed by atoms with Gasteiger partial charge in [0.15, 0.2) is 0 Å². The van der Waals surface area contributed by atoms with Gasteiger partial charge in [-0.1, -0.05) is 0 Å². The monoisotopic (exact) mass is 267 g/mol. The molecule has 0 bridgehead atoms. The van der Waals surface area contributed by atoms with Gasteiger partial charge in [-0.15, -0.1) is 0 Å². The average molecular weight is 267 g/mol. The first kappa shape index (κ1) is 13.8. The molecule has 0 aliphatic carbocycles. The van der Waals surface area contributed by atoms with Crippen LogP contribution in [0.15, 0.2) is 6.20 Å². The summed E-state index contributed by atoms with van der Waals surface area (Å²) in [5, 5.41) is 14.9. The molecule has 0 aromatic carbocycles. The molecule has 7 heteroatoms. The van der Waals surface area contributed by atoms with Crippen molar-refractivity contribution >= 4 is 11.5 Å². The maximum Gasteiger partial charge on any atom is 0.330 e. The second kappa shape index (κ2) is 5.56. The molecule has 0 amide bonds. The van der Waals surface area contributed by atoms with Gasteiger partial charge in [-0.25, -0.2) is 4.68 Å². The number of nitrogens with zero attached hydrogens (tertiary/aromatic N) is 4. The van der Waals surface area contributed by atoms with Gasteiger partial charge in [0.1, 0.15) is 6.20 Å². The van der Waals surface area contributed by atoms with Crippen molar-refractivity contribution in [2.24, 2.45) is 0 Å².